The number of carbonyl (C=O) groups excluding carboxylic acids is 1. The Balaban J connectivity index is 1.52. The van der Waals surface area contributed by atoms with E-state index in [1.54, 1.807) is 16.6 Å². The zero-order valence-electron chi connectivity index (χ0n) is 14.4. The molecule has 0 atom stereocenters. The standard InChI is InChI=1S/C19H16FN5OS/c1-11-6-13(9-25-17(11)23-19(21)24-25)14-7-16(27-10-14)18(26)22-8-12-2-4-15(20)5-3-12/h2-7,9-10H,8H2,1H3,(H2,21,24)(H,22,26). The molecule has 4 rings (SSSR count). The quantitative estimate of drug-likeness (QED) is 0.567. The number of aromatic nitrogens is 3. The molecule has 3 aromatic heterocycles. The van der Waals surface area contributed by atoms with Crippen molar-refractivity contribution in [3.8, 4) is 11.1 Å². The molecule has 6 nitrogen and oxygen atoms in total. The van der Waals surface area contributed by atoms with Gasteiger partial charge in [-0.1, -0.05) is 12.1 Å². The predicted molar refractivity (Wildman–Crippen MR) is 103 cm³/mol. The molecule has 8 heteroatoms. The zero-order chi connectivity index (χ0) is 19.0. The van der Waals surface area contributed by atoms with E-state index in [2.05, 4.69) is 15.4 Å². The summed E-state index contributed by atoms with van der Waals surface area (Å²) in [7, 11) is 0. The summed E-state index contributed by atoms with van der Waals surface area (Å²) in [4.78, 5) is 17.2. The lowest BCUT2D eigenvalue weighted by molar-refractivity contribution is 0.0955. The average Bonchev–Trinajstić information content (AvgIpc) is 3.27. The van der Waals surface area contributed by atoms with E-state index in [-0.39, 0.29) is 17.7 Å². The number of halogens is 1. The van der Waals surface area contributed by atoms with E-state index in [1.165, 1.54) is 23.5 Å². The van der Waals surface area contributed by atoms with Gasteiger partial charge in [-0.05, 0) is 53.3 Å². The molecular weight excluding hydrogens is 365 g/mol. The minimum Gasteiger partial charge on any atom is -0.366 e. The van der Waals surface area contributed by atoms with Gasteiger partial charge >= 0.3 is 0 Å². The van der Waals surface area contributed by atoms with E-state index < -0.39 is 0 Å². The Bertz CT molecular complexity index is 1130. The third-order valence-corrected chi connectivity index (χ3v) is 5.09. The monoisotopic (exact) mass is 381 g/mol. The fraction of sp³-hybridized carbons (Fsp3) is 0.105. The number of nitrogens with two attached hydrogens (primary N) is 1. The molecule has 0 fully saturated rings. The highest BCUT2D eigenvalue weighted by Gasteiger charge is 2.12. The number of anilines is 1. The summed E-state index contributed by atoms with van der Waals surface area (Å²) < 4.78 is 14.6. The number of fused-ring (bicyclic) bond motifs is 1. The molecule has 4 aromatic rings. The Morgan fingerprint density at radius 1 is 1.26 bits per heavy atom. The lowest BCUT2D eigenvalue weighted by Gasteiger charge is -2.04. The van der Waals surface area contributed by atoms with Crippen LogP contribution in [0.2, 0.25) is 0 Å². The van der Waals surface area contributed by atoms with Crippen LogP contribution < -0.4 is 11.1 Å². The number of rotatable bonds is 4. The van der Waals surface area contributed by atoms with Crippen LogP contribution in [0.1, 0.15) is 20.8 Å². The second kappa shape index (κ2) is 6.81. The van der Waals surface area contributed by atoms with Gasteiger partial charge < -0.3 is 11.1 Å². The largest absolute Gasteiger partial charge is 0.366 e. The van der Waals surface area contributed by atoms with E-state index in [9.17, 15) is 9.18 Å². The van der Waals surface area contributed by atoms with Crippen LogP contribution >= 0.6 is 11.3 Å². The summed E-state index contributed by atoms with van der Waals surface area (Å²) in [6.07, 6.45) is 1.84. The van der Waals surface area contributed by atoms with Gasteiger partial charge in [0.25, 0.3) is 5.91 Å². The number of carbonyl (C=O) groups is 1. The van der Waals surface area contributed by atoms with Crippen molar-refractivity contribution in [2.24, 2.45) is 0 Å². The van der Waals surface area contributed by atoms with Gasteiger partial charge in [0.15, 0.2) is 5.65 Å². The number of nitrogens with one attached hydrogen (secondary N) is 1. The molecule has 1 amide bonds. The number of aryl methyl sites for hydroxylation is 1. The molecule has 1 aromatic carbocycles. The Labute approximate surface area is 158 Å². The summed E-state index contributed by atoms with van der Waals surface area (Å²) in [5.74, 6) is -0.242. The highest BCUT2D eigenvalue weighted by atomic mass is 32.1. The minimum atomic E-state index is -0.297. The molecule has 0 aliphatic carbocycles. The van der Waals surface area contributed by atoms with Crippen LogP contribution in [0.5, 0.6) is 0 Å². The Hall–Kier alpha value is -3.26. The lowest BCUT2D eigenvalue weighted by atomic mass is 10.1. The first-order valence-electron chi connectivity index (χ1n) is 8.23. The number of nitrogens with zero attached hydrogens (tertiary/aromatic N) is 3. The number of hydrogen-bond acceptors (Lipinski definition) is 5. The van der Waals surface area contributed by atoms with Gasteiger partial charge in [-0.15, -0.1) is 16.4 Å². The first-order valence-corrected chi connectivity index (χ1v) is 9.11. The molecule has 0 radical (unpaired) electrons. The molecule has 0 saturated heterocycles. The lowest BCUT2D eigenvalue weighted by Crippen LogP contribution is -2.21. The van der Waals surface area contributed by atoms with Gasteiger partial charge in [0.2, 0.25) is 5.95 Å². The number of thiophene rings is 1. The second-order valence-corrected chi connectivity index (χ2v) is 7.07. The van der Waals surface area contributed by atoms with Crippen molar-refractivity contribution < 1.29 is 9.18 Å². The van der Waals surface area contributed by atoms with Gasteiger partial charge in [0.1, 0.15) is 5.82 Å². The van der Waals surface area contributed by atoms with Crippen molar-refractivity contribution in [1.29, 1.82) is 0 Å². The summed E-state index contributed by atoms with van der Waals surface area (Å²) in [6.45, 7) is 2.28. The highest BCUT2D eigenvalue weighted by Crippen LogP contribution is 2.27. The fourth-order valence-corrected chi connectivity index (χ4v) is 3.63. The molecule has 0 spiro atoms. The van der Waals surface area contributed by atoms with Gasteiger partial charge in [0.05, 0.1) is 4.88 Å². The Morgan fingerprint density at radius 2 is 2.04 bits per heavy atom. The summed E-state index contributed by atoms with van der Waals surface area (Å²) in [6, 6.07) is 9.88. The van der Waals surface area contributed by atoms with Crippen molar-refractivity contribution >= 4 is 28.8 Å². The van der Waals surface area contributed by atoms with E-state index in [0.29, 0.717) is 17.1 Å². The van der Waals surface area contributed by atoms with Crippen LogP contribution in [0.25, 0.3) is 16.8 Å². The van der Waals surface area contributed by atoms with Gasteiger partial charge in [-0.25, -0.2) is 8.91 Å². The van der Waals surface area contributed by atoms with Gasteiger partial charge in [0, 0.05) is 18.3 Å². The molecular formula is C19H16FN5OS. The summed E-state index contributed by atoms with van der Waals surface area (Å²) >= 11 is 1.36. The summed E-state index contributed by atoms with van der Waals surface area (Å²) in [5, 5.41) is 8.93. The van der Waals surface area contributed by atoms with Crippen LogP contribution in [-0.4, -0.2) is 20.5 Å². The molecule has 0 aliphatic heterocycles. The molecule has 136 valence electrons. The van der Waals surface area contributed by atoms with Crippen molar-refractivity contribution in [3.63, 3.8) is 0 Å². The van der Waals surface area contributed by atoms with Gasteiger partial charge in [-0.2, -0.15) is 4.98 Å². The van der Waals surface area contributed by atoms with E-state index >= 15 is 0 Å². The van der Waals surface area contributed by atoms with Crippen molar-refractivity contribution in [3.05, 3.63) is 69.8 Å². The molecule has 0 bridgehead atoms. The van der Waals surface area contributed by atoms with Crippen LogP contribution in [0.4, 0.5) is 10.3 Å². The van der Waals surface area contributed by atoms with Crippen molar-refractivity contribution in [2.45, 2.75) is 13.5 Å². The zero-order valence-corrected chi connectivity index (χ0v) is 15.3. The summed E-state index contributed by atoms with van der Waals surface area (Å²) in [5.41, 5.74) is 10.0. The highest BCUT2D eigenvalue weighted by molar-refractivity contribution is 7.12. The van der Waals surface area contributed by atoms with Crippen LogP contribution in [0.3, 0.4) is 0 Å². The number of amides is 1. The Morgan fingerprint density at radius 3 is 2.81 bits per heavy atom. The van der Waals surface area contributed by atoms with Crippen LogP contribution in [0.15, 0.2) is 48.0 Å². The van der Waals surface area contributed by atoms with Crippen molar-refractivity contribution in [2.75, 3.05) is 5.73 Å². The molecule has 0 saturated carbocycles. The van der Waals surface area contributed by atoms with Crippen molar-refractivity contribution in [1.82, 2.24) is 19.9 Å². The number of pyridine rings is 1. The molecule has 27 heavy (non-hydrogen) atoms. The third kappa shape index (κ3) is 3.52. The maximum absolute atomic E-state index is 12.9. The first kappa shape index (κ1) is 17.2. The smallest absolute Gasteiger partial charge is 0.261 e. The maximum atomic E-state index is 12.9. The average molecular weight is 381 g/mol. The molecule has 3 heterocycles. The van der Waals surface area contributed by atoms with Crippen LogP contribution in [0, 0.1) is 12.7 Å². The van der Waals surface area contributed by atoms with E-state index in [0.717, 1.165) is 22.3 Å². The number of nitrogen functional groups attached to an aromatic ring is 1. The first-order chi connectivity index (χ1) is 13.0. The maximum Gasteiger partial charge on any atom is 0.261 e. The Kier molecular flexibility index (Phi) is 4.33. The van der Waals surface area contributed by atoms with Crippen LogP contribution in [-0.2, 0) is 6.54 Å². The molecule has 0 unspecified atom stereocenters. The normalized spacial score (nSPS) is 11.0. The fourth-order valence-electron chi connectivity index (χ4n) is 2.80. The minimum absolute atomic E-state index is 0.168. The van der Waals surface area contributed by atoms with Gasteiger partial charge in [-0.3, -0.25) is 4.79 Å². The number of benzene rings is 1. The predicted octanol–water partition coefficient (Wildman–Crippen LogP) is 3.42. The SMILES string of the molecule is Cc1cc(-c2csc(C(=O)NCc3ccc(F)cc3)c2)cn2nc(N)nc12. The topological polar surface area (TPSA) is 85.3 Å². The number of hydrogen-bond donors (Lipinski definition) is 2. The van der Waals surface area contributed by atoms with E-state index in [4.69, 9.17) is 5.73 Å². The van der Waals surface area contributed by atoms with E-state index in [1.807, 2.05) is 30.6 Å². The molecule has 0 aliphatic rings. The second-order valence-electron chi connectivity index (χ2n) is 6.16. The third-order valence-electron chi connectivity index (χ3n) is 4.16. The molecule has 3 N–H and O–H groups in total.